The van der Waals surface area contributed by atoms with E-state index in [4.69, 9.17) is 4.98 Å². The number of imidazole rings is 1. The molecule has 140 valence electrons. The first-order valence-corrected chi connectivity index (χ1v) is 9.75. The average Bonchev–Trinajstić information content (AvgIpc) is 2.83. The molecule has 1 aromatic carbocycles. The maximum atomic E-state index is 11.2. The van der Waals surface area contributed by atoms with Gasteiger partial charge in [0.1, 0.15) is 5.65 Å². The molecule has 1 N–H and O–H groups in total. The molecule has 0 spiro atoms. The number of nitrogens with zero attached hydrogens (tertiary/aromatic N) is 4. The molecule has 0 aliphatic carbocycles. The van der Waals surface area contributed by atoms with E-state index in [0.717, 1.165) is 66.2 Å². The summed E-state index contributed by atoms with van der Waals surface area (Å²) >= 11 is 3.54. The number of halogens is 1. The van der Waals surface area contributed by atoms with Gasteiger partial charge in [0.05, 0.1) is 16.3 Å². The number of rotatable bonds is 4. The van der Waals surface area contributed by atoms with Crippen molar-refractivity contribution in [2.75, 3.05) is 26.2 Å². The zero-order valence-corrected chi connectivity index (χ0v) is 16.4. The second-order valence-corrected chi connectivity index (χ2v) is 7.59. The minimum Gasteiger partial charge on any atom is -0.315 e. The van der Waals surface area contributed by atoms with Crippen molar-refractivity contribution in [1.82, 2.24) is 19.6 Å². The van der Waals surface area contributed by atoms with Crippen LogP contribution in [0.3, 0.4) is 0 Å². The fourth-order valence-corrected chi connectivity index (χ4v) is 3.82. The summed E-state index contributed by atoms with van der Waals surface area (Å²) in [5.74, 6) is 0. The molecule has 3 aromatic rings. The Bertz CT molecular complexity index is 979. The van der Waals surface area contributed by atoms with Gasteiger partial charge >= 0.3 is 0 Å². The van der Waals surface area contributed by atoms with Crippen LogP contribution in [-0.2, 0) is 6.54 Å². The van der Waals surface area contributed by atoms with Crippen LogP contribution in [0.15, 0.2) is 47.1 Å². The van der Waals surface area contributed by atoms with Gasteiger partial charge in [-0.3, -0.25) is 15.0 Å². The summed E-state index contributed by atoms with van der Waals surface area (Å²) in [5.41, 5.74) is 3.54. The summed E-state index contributed by atoms with van der Waals surface area (Å²) < 4.78 is 3.05. The lowest BCUT2D eigenvalue weighted by Crippen LogP contribution is -2.28. The summed E-state index contributed by atoms with van der Waals surface area (Å²) in [4.78, 5) is 18.0. The Morgan fingerprint density at radius 1 is 1.22 bits per heavy atom. The third kappa shape index (κ3) is 3.87. The standard InChI is InChI=1S/C19H20BrN5O2/c20-15-5-6-18-22-19(14-3-1-4-16(11-14)25(26)27)17(24(18)12-15)13-23-9-2-7-21-8-10-23/h1,3-6,11-12,21H,2,7-10,13H2. The van der Waals surface area contributed by atoms with Crippen molar-refractivity contribution in [3.8, 4) is 11.3 Å². The van der Waals surface area contributed by atoms with Gasteiger partial charge in [-0.1, -0.05) is 12.1 Å². The number of nitro groups is 1. The predicted octanol–water partition coefficient (Wildman–Crippen LogP) is 3.47. The lowest BCUT2D eigenvalue weighted by Gasteiger charge is -2.20. The molecule has 4 rings (SSSR count). The van der Waals surface area contributed by atoms with E-state index in [1.807, 2.05) is 24.4 Å². The van der Waals surface area contributed by atoms with Gasteiger partial charge in [-0.05, 0) is 47.6 Å². The van der Waals surface area contributed by atoms with Gasteiger partial charge in [0.2, 0.25) is 0 Å². The van der Waals surface area contributed by atoms with E-state index in [0.29, 0.717) is 0 Å². The van der Waals surface area contributed by atoms with Gasteiger partial charge in [-0.2, -0.15) is 0 Å². The zero-order chi connectivity index (χ0) is 18.8. The van der Waals surface area contributed by atoms with E-state index in [9.17, 15) is 10.1 Å². The van der Waals surface area contributed by atoms with E-state index >= 15 is 0 Å². The smallest absolute Gasteiger partial charge is 0.270 e. The molecule has 0 atom stereocenters. The third-order valence-electron chi connectivity index (χ3n) is 4.82. The van der Waals surface area contributed by atoms with Crippen molar-refractivity contribution < 1.29 is 4.92 Å². The van der Waals surface area contributed by atoms with Gasteiger partial charge in [0.15, 0.2) is 0 Å². The van der Waals surface area contributed by atoms with Gasteiger partial charge in [-0.25, -0.2) is 4.98 Å². The minimum absolute atomic E-state index is 0.0793. The van der Waals surface area contributed by atoms with Crippen LogP contribution >= 0.6 is 15.9 Å². The van der Waals surface area contributed by atoms with Crippen LogP contribution in [-0.4, -0.2) is 45.4 Å². The first kappa shape index (κ1) is 18.1. The lowest BCUT2D eigenvalue weighted by molar-refractivity contribution is -0.384. The van der Waals surface area contributed by atoms with Crippen LogP contribution < -0.4 is 5.32 Å². The molecule has 1 aliphatic rings. The number of pyridine rings is 1. The summed E-state index contributed by atoms with van der Waals surface area (Å²) in [6.07, 6.45) is 3.11. The SMILES string of the molecule is O=[N+]([O-])c1cccc(-c2nc3ccc(Br)cn3c2CN2CCCNCC2)c1. The number of aromatic nitrogens is 2. The highest BCUT2D eigenvalue weighted by Gasteiger charge is 2.19. The van der Waals surface area contributed by atoms with Crippen molar-refractivity contribution in [3.05, 3.63) is 62.9 Å². The summed E-state index contributed by atoms with van der Waals surface area (Å²) in [6, 6.07) is 10.6. The number of fused-ring (bicyclic) bond motifs is 1. The molecule has 0 saturated carbocycles. The third-order valence-corrected chi connectivity index (χ3v) is 5.29. The molecule has 0 radical (unpaired) electrons. The van der Waals surface area contributed by atoms with Crippen LogP contribution in [0.1, 0.15) is 12.1 Å². The van der Waals surface area contributed by atoms with Crippen molar-refractivity contribution >= 4 is 27.3 Å². The molecular weight excluding hydrogens is 410 g/mol. The summed E-state index contributed by atoms with van der Waals surface area (Å²) in [5, 5.41) is 14.6. The molecule has 7 nitrogen and oxygen atoms in total. The molecule has 0 bridgehead atoms. The highest BCUT2D eigenvalue weighted by molar-refractivity contribution is 9.10. The van der Waals surface area contributed by atoms with Gasteiger partial charge < -0.3 is 9.72 Å². The maximum Gasteiger partial charge on any atom is 0.270 e. The number of hydrogen-bond acceptors (Lipinski definition) is 5. The van der Waals surface area contributed by atoms with Gasteiger partial charge in [-0.15, -0.1) is 0 Å². The van der Waals surface area contributed by atoms with E-state index in [1.54, 1.807) is 12.1 Å². The molecule has 0 amide bonds. The molecule has 3 heterocycles. The Morgan fingerprint density at radius 2 is 2.11 bits per heavy atom. The first-order chi connectivity index (χ1) is 13.1. The molecule has 2 aromatic heterocycles. The molecule has 27 heavy (non-hydrogen) atoms. The first-order valence-electron chi connectivity index (χ1n) is 8.96. The predicted molar refractivity (Wildman–Crippen MR) is 108 cm³/mol. The number of nitro benzene ring substituents is 1. The molecule has 1 saturated heterocycles. The topological polar surface area (TPSA) is 75.7 Å². The van der Waals surface area contributed by atoms with Gasteiger partial charge in [0, 0.05) is 48.0 Å². The van der Waals surface area contributed by atoms with Crippen LogP contribution in [0.4, 0.5) is 5.69 Å². The summed E-state index contributed by atoms with van der Waals surface area (Å²) in [6.45, 7) is 4.73. The normalized spacial score (nSPS) is 15.7. The Morgan fingerprint density at radius 3 is 2.96 bits per heavy atom. The fourth-order valence-electron chi connectivity index (χ4n) is 3.49. The second-order valence-electron chi connectivity index (χ2n) is 6.67. The van der Waals surface area contributed by atoms with E-state index < -0.39 is 0 Å². The second kappa shape index (κ2) is 7.75. The lowest BCUT2D eigenvalue weighted by atomic mass is 10.1. The highest BCUT2D eigenvalue weighted by Crippen LogP contribution is 2.29. The van der Waals surface area contributed by atoms with Crippen molar-refractivity contribution in [2.45, 2.75) is 13.0 Å². The van der Waals surface area contributed by atoms with Crippen LogP contribution in [0.2, 0.25) is 0 Å². The maximum absolute atomic E-state index is 11.2. The van der Waals surface area contributed by atoms with Crippen molar-refractivity contribution in [3.63, 3.8) is 0 Å². The van der Waals surface area contributed by atoms with Crippen molar-refractivity contribution in [1.29, 1.82) is 0 Å². The number of hydrogen-bond donors (Lipinski definition) is 1. The van der Waals surface area contributed by atoms with Crippen LogP contribution in [0.5, 0.6) is 0 Å². The summed E-state index contributed by atoms with van der Waals surface area (Å²) in [7, 11) is 0. The quantitative estimate of drug-likeness (QED) is 0.507. The van der Waals surface area contributed by atoms with E-state index in [-0.39, 0.29) is 10.6 Å². The van der Waals surface area contributed by atoms with Crippen LogP contribution in [0.25, 0.3) is 16.9 Å². The monoisotopic (exact) mass is 429 g/mol. The zero-order valence-electron chi connectivity index (χ0n) is 14.8. The highest BCUT2D eigenvalue weighted by atomic mass is 79.9. The average molecular weight is 430 g/mol. The molecule has 1 fully saturated rings. The van der Waals surface area contributed by atoms with Crippen LogP contribution in [0, 0.1) is 10.1 Å². The Labute approximate surface area is 165 Å². The molecule has 0 unspecified atom stereocenters. The Hall–Kier alpha value is -2.29. The Balaban J connectivity index is 1.81. The number of nitrogens with one attached hydrogen (secondary N) is 1. The minimum atomic E-state index is -0.365. The molecule has 8 heteroatoms. The van der Waals surface area contributed by atoms with E-state index in [2.05, 4.69) is 30.5 Å². The number of non-ortho nitro benzene ring substituents is 1. The van der Waals surface area contributed by atoms with Gasteiger partial charge in [0.25, 0.3) is 5.69 Å². The van der Waals surface area contributed by atoms with E-state index in [1.165, 1.54) is 6.07 Å². The molecule has 1 aliphatic heterocycles. The number of benzene rings is 1. The van der Waals surface area contributed by atoms with Crippen molar-refractivity contribution in [2.24, 2.45) is 0 Å². The fraction of sp³-hybridized carbons (Fsp3) is 0.316. The molecular formula is C19H20BrN5O2. The largest absolute Gasteiger partial charge is 0.315 e. The Kier molecular flexibility index (Phi) is 5.20.